The number of rotatable bonds is 6. The van der Waals surface area contributed by atoms with E-state index in [9.17, 15) is 13.2 Å². The van der Waals surface area contributed by atoms with Gasteiger partial charge in [0, 0.05) is 6.54 Å². The molecule has 0 radical (unpaired) electrons. The molecule has 0 N–H and O–H groups in total. The Labute approximate surface area is 152 Å². The van der Waals surface area contributed by atoms with E-state index < -0.39 is 10.0 Å². The summed E-state index contributed by atoms with van der Waals surface area (Å²) in [7, 11) is -2.22. The van der Waals surface area contributed by atoms with Crippen molar-refractivity contribution in [3.63, 3.8) is 0 Å². The predicted molar refractivity (Wildman–Crippen MR) is 94.7 cm³/mol. The maximum Gasteiger partial charge on any atom is 0.261 e. The molecule has 0 atom stereocenters. The van der Waals surface area contributed by atoms with Gasteiger partial charge in [-0.15, -0.1) is 0 Å². The molecule has 0 aromatic heterocycles. The Balaban J connectivity index is 1.62. The van der Waals surface area contributed by atoms with Crippen LogP contribution in [0.5, 0.6) is 5.75 Å². The summed E-state index contributed by atoms with van der Waals surface area (Å²) in [5, 5.41) is 1.23. The summed E-state index contributed by atoms with van der Waals surface area (Å²) in [4.78, 5) is 17.9. The van der Waals surface area contributed by atoms with Gasteiger partial charge < -0.3 is 4.74 Å². The minimum atomic E-state index is -3.74. The first-order valence-electron chi connectivity index (χ1n) is 8.12. The molecule has 3 rings (SSSR count). The van der Waals surface area contributed by atoms with Crippen LogP contribution in [0.25, 0.3) is 0 Å². The summed E-state index contributed by atoms with van der Waals surface area (Å²) in [5.41, 5.74) is 0.939. The second-order valence-electron chi connectivity index (χ2n) is 5.77. The number of carbonyl (C=O) groups excluding carboxylic acids is 1. The second-order valence-corrected chi connectivity index (χ2v) is 7.71. The monoisotopic (exact) mass is 376 g/mol. The lowest BCUT2D eigenvalue weighted by molar-refractivity contribution is -0.197. The van der Waals surface area contributed by atoms with E-state index in [0.29, 0.717) is 5.75 Å². The molecule has 0 spiro atoms. The third-order valence-corrected chi connectivity index (χ3v) is 5.93. The average molecular weight is 376 g/mol. The van der Waals surface area contributed by atoms with Crippen LogP contribution in [-0.4, -0.2) is 50.4 Å². The Kier molecular flexibility index (Phi) is 5.55. The number of hydrogen-bond acceptors (Lipinski definition) is 5. The van der Waals surface area contributed by atoms with Crippen LogP contribution in [0.1, 0.15) is 5.56 Å². The van der Waals surface area contributed by atoms with Crippen molar-refractivity contribution in [3.8, 4) is 5.75 Å². The van der Waals surface area contributed by atoms with Crippen molar-refractivity contribution < 1.29 is 22.8 Å². The van der Waals surface area contributed by atoms with Crippen LogP contribution in [0.2, 0.25) is 0 Å². The predicted octanol–water partition coefficient (Wildman–Crippen LogP) is 1.66. The van der Waals surface area contributed by atoms with Crippen molar-refractivity contribution in [3.05, 3.63) is 60.2 Å². The average Bonchev–Trinajstić information content (AvgIpc) is 2.68. The van der Waals surface area contributed by atoms with Crippen LogP contribution in [-0.2, 0) is 26.3 Å². The van der Waals surface area contributed by atoms with E-state index in [4.69, 9.17) is 9.57 Å². The molecule has 1 aliphatic heterocycles. The normalized spacial score (nSPS) is 15.9. The molecule has 1 amide bonds. The Hall–Kier alpha value is -2.42. The van der Waals surface area contributed by atoms with Crippen LogP contribution in [0, 0.1) is 0 Å². The van der Waals surface area contributed by atoms with Crippen molar-refractivity contribution in [1.82, 2.24) is 9.37 Å². The van der Waals surface area contributed by atoms with Gasteiger partial charge in [-0.3, -0.25) is 9.63 Å². The molecule has 138 valence electrons. The maximum atomic E-state index is 12.7. The topological polar surface area (TPSA) is 76.2 Å². The third-order valence-electron chi connectivity index (χ3n) is 4.07. The fraction of sp³-hybridized carbons (Fsp3) is 0.278. The molecule has 1 fully saturated rings. The Morgan fingerprint density at radius 1 is 1.00 bits per heavy atom. The van der Waals surface area contributed by atoms with E-state index in [1.54, 1.807) is 12.1 Å². The highest BCUT2D eigenvalue weighted by Gasteiger charge is 2.33. The standard InChI is InChI=1S/C18H20N2O5S/c1-24-16-7-9-17(10-8-16)26(22,23)19-11-12-20(18(21)13-19)25-14-15-5-3-2-4-6-15/h2-10H,11-14H2,1H3. The van der Waals surface area contributed by atoms with Gasteiger partial charge in [0.2, 0.25) is 10.0 Å². The van der Waals surface area contributed by atoms with E-state index in [2.05, 4.69) is 0 Å². The van der Waals surface area contributed by atoms with Crippen LogP contribution < -0.4 is 4.74 Å². The van der Waals surface area contributed by atoms with Gasteiger partial charge in [-0.1, -0.05) is 30.3 Å². The molecule has 0 bridgehead atoms. The Morgan fingerprint density at radius 3 is 2.31 bits per heavy atom. The zero-order valence-corrected chi connectivity index (χ0v) is 15.2. The number of hydroxylamine groups is 2. The molecule has 8 heteroatoms. The molecule has 26 heavy (non-hydrogen) atoms. The summed E-state index contributed by atoms with van der Waals surface area (Å²) in [5.74, 6) is 0.184. The number of methoxy groups -OCH3 is 1. The fourth-order valence-corrected chi connectivity index (χ4v) is 3.98. The van der Waals surface area contributed by atoms with Gasteiger partial charge in [-0.25, -0.2) is 13.5 Å². The number of amides is 1. The molecule has 0 unspecified atom stereocenters. The number of hydrogen-bond donors (Lipinski definition) is 0. The molecule has 1 saturated heterocycles. The van der Waals surface area contributed by atoms with E-state index in [1.807, 2.05) is 30.3 Å². The minimum absolute atomic E-state index is 0.129. The first kappa shape index (κ1) is 18.4. The number of piperazine rings is 1. The molecule has 0 saturated carbocycles. The van der Waals surface area contributed by atoms with Crippen molar-refractivity contribution in [1.29, 1.82) is 0 Å². The molecular formula is C18H20N2O5S. The zero-order chi connectivity index (χ0) is 18.6. The van der Waals surface area contributed by atoms with E-state index >= 15 is 0 Å². The molecule has 1 heterocycles. The largest absolute Gasteiger partial charge is 0.497 e. The third kappa shape index (κ3) is 4.04. The number of sulfonamides is 1. The summed E-state index contributed by atoms with van der Waals surface area (Å²) >= 11 is 0. The van der Waals surface area contributed by atoms with Crippen LogP contribution in [0.3, 0.4) is 0 Å². The van der Waals surface area contributed by atoms with Crippen molar-refractivity contribution >= 4 is 15.9 Å². The Morgan fingerprint density at radius 2 is 1.69 bits per heavy atom. The van der Waals surface area contributed by atoms with Gasteiger partial charge in [0.1, 0.15) is 12.4 Å². The van der Waals surface area contributed by atoms with Crippen LogP contribution >= 0.6 is 0 Å². The zero-order valence-electron chi connectivity index (χ0n) is 14.4. The van der Waals surface area contributed by atoms with Gasteiger partial charge in [0.25, 0.3) is 5.91 Å². The number of benzene rings is 2. The van der Waals surface area contributed by atoms with E-state index in [-0.39, 0.29) is 37.0 Å². The van der Waals surface area contributed by atoms with Gasteiger partial charge in [0.05, 0.1) is 25.1 Å². The molecule has 2 aromatic rings. The van der Waals surface area contributed by atoms with Gasteiger partial charge in [-0.2, -0.15) is 4.31 Å². The fourth-order valence-electron chi connectivity index (χ4n) is 2.60. The lowest BCUT2D eigenvalue weighted by Gasteiger charge is -2.32. The number of nitrogens with zero attached hydrogens (tertiary/aromatic N) is 2. The number of carbonyl (C=O) groups is 1. The summed E-state index contributed by atoms with van der Waals surface area (Å²) in [6, 6.07) is 15.6. The highest BCUT2D eigenvalue weighted by molar-refractivity contribution is 7.89. The quantitative estimate of drug-likeness (QED) is 0.766. The summed E-state index contributed by atoms with van der Waals surface area (Å²) in [6.45, 7) is 0.372. The van der Waals surface area contributed by atoms with Crippen molar-refractivity contribution in [2.45, 2.75) is 11.5 Å². The lowest BCUT2D eigenvalue weighted by atomic mass is 10.2. The minimum Gasteiger partial charge on any atom is -0.497 e. The van der Waals surface area contributed by atoms with Crippen LogP contribution in [0.15, 0.2) is 59.5 Å². The lowest BCUT2D eigenvalue weighted by Crippen LogP contribution is -2.51. The van der Waals surface area contributed by atoms with E-state index in [1.165, 1.54) is 28.6 Å². The maximum absolute atomic E-state index is 12.7. The molecule has 0 aliphatic carbocycles. The van der Waals surface area contributed by atoms with Crippen molar-refractivity contribution in [2.24, 2.45) is 0 Å². The van der Waals surface area contributed by atoms with Gasteiger partial charge >= 0.3 is 0 Å². The highest BCUT2D eigenvalue weighted by Crippen LogP contribution is 2.21. The molecule has 2 aromatic carbocycles. The summed E-state index contributed by atoms with van der Waals surface area (Å²) in [6.07, 6.45) is 0. The first-order valence-corrected chi connectivity index (χ1v) is 9.56. The first-order chi connectivity index (χ1) is 12.5. The molecule has 7 nitrogen and oxygen atoms in total. The van der Waals surface area contributed by atoms with Crippen LogP contribution in [0.4, 0.5) is 0 Å². The molecule has 1 aliphatic rings. The van der Waals surface area contributed by atoms with Gasteiger partial charge in [0.15, 0.2) is 0 Å². The SMILES string of the molecule is COc1ccc(S(=O)(=O)N2CCN(OCc3ccccc3)C(=O)C2)cc1. The second kappa shape index (κ2) is 7.86. The van der Waals surface area contributed by atoms with Crippen molar-refractivity contribution in [2.75, 3.05) is 26.7 Å². The van der Waals surface area contributed by atoms with Gasteiger partial charge in [-0.05, 0) is 29.8 Å². The molecular weight excluding hydrogens is 356 g/mol. The Bertz CT molecular complexity index is 853. The number of ether oxygens (including phenoxy) is 1. The van der Waals surface area contributed by atoms with E-state index in [0.717, 1.165) is 5.56 Å². The highest BCUT2D eigenvalue weighted by atomic mass is 32.2. The smallest absolute Gasteiger partial charge is 0.261 e. The summed E-state index contributed by atoms with van der Waals surface area (Å²) < 4.78 is 31.6.